The van der Waals surface area contributed by atoms with Crippen molar-refractivity contribution in [2.24, 2.45) is 29.1 Å². The van der Waals surface area contributed by atoms with E-state index >= 15 is 0 Å². The maximum atomic E-state index is 11.1. The van der Waals surface area contributed by atoms with E-state index in [1.807, 2.05) is 0 Å². The summed E-state index contributed by atoms with van der Waals surface area (Å²) in [5.74, 6) is 1.67. The number of rotatable bonds is 8. The van der Waals surface area contributed by atoms with Gasteiger partial charge in [0, 0.05) is 25.6 Å². The van der Waals surface area contributed by atoms with Crippen LogP contribution in [0.5, 0.6) is 0 Å². The summed E-state index contributed by atoms with van der Waals surface area (Å²) in [6, 6.07) is 0. The highest BCUT2D eigenvalue weighted by atomic mass is 28.4. The smallest absolute Gasteiger partial charge is 0.302 e. The molecule has 1 N–H and O–H groups in total. The number of fused-ring (bicyclic) bond motifs is 1. The topological polar surface area (TPSA) is 55.8 Å². The van der Waals surface area contributed by atoms with Gasteiger partial charge in [-0.2, -0.15) is 0 Å². The van der Waals surface area contributed by atoms with Crippen LogP contribution in [0, 0.1) is 29.1 Å². The number of esters is 1. The van der Waals surface area contributed by atoms with E-state index in [0.717, 1.165) is 6.42 Å². The van der Waals surface area contributed by atoms with Gasteiger partial charge >= 0.3 is 5.97 Å². The van der Waals surface area contributed by atoms with Crippen LogP contribution in [0.15, 0.2) is 0 Å². The molecule has 0 aliphatic heterocycles. The monoisotopic (exact) mass is 384 g/mol. The SMILES string of the molecule is CC(=O)OC[C@@H](CO)C[C@@H](C)[C@H]1CCC2[C@@H](O[Si](C)(C)C)CCC[C@@]21C. The van der Waals surface area contributed by atoms with E-state index in [0.29, 0.717) is 35.9 Å². The van der Waals surface area contributed by atoms with Gasteiger partial charge in [-0.3, -0.25) is 4.79 Å². The standard InChI is InChI=1S/C21H40O4Si/c1-15(12-17(13-22)14-24-16(2)23)18-9-10-19-20(25-26(4,5)6)8-7-11-21(18,19)3/h15,17-20,22H,7-14H2,1-6H3/t15-,17-,18-,19?,20+,21-/m1/s1. The van der Waals surface area contributed by atoms with Gasteiger partial charge in [-0.15, -0.1) is 0 Å². The molecule has 2 fully saturated rings. The first-order chi connectivity index (χ1) is 12.1. The van der Waals surface area contributed by atoms with Gasteiger partial charge < -0.3 is 14.3 Å². The molecule has 0 spiro atoms. The second kappa shape index (κ2) is 8.74. The van der Waals surface area contributed by atoms with E-state index < -0.39 is 8.32 Å². The second-order valence-electron chi connectivity index (χ2n) is 10.0. The summed E-state index contributed by atoms with van der Waals surface area (Å²) in [5.41, 5.74) is 0.351. The van der Waals surface area contributed by atoms with Crippen molar-refractivity contribution in [1.29, 1.82) is 0 Å². The Morgan fingerprint density at radius 3 is 2.54 bits per heavy atom. The molecule has 0 radical (unpaired) electrons. The van der Waals surface area contributed by atoms with Crippen LogP contribution in [0.2, 0.25) is 19.6 Å². The van der Waals surface area contributed by atoms with E-state index in [1.54, 1.807) is 0 Å². The van der Waals surface area contributed by atoms with Crippen molar-refractivity contribution in [2.75, 3.05) is 13.2 Å². The maximum Gasteiger partial charge on any atom is 0.302 e. The number of hydrogen-bond acceptors (Lipinski definition) is 4. The van der Waals surface area contributed by atoms with Crippen LogP contribution < -0.4 is 0 Å². The van der Waals surface area contributed by atoms with Gasteiger partial charge in [0.2, 0.25) is 0 Å². The lowest BCUT2D eigenvalue weighted by Crippen LogP contribution is -2.46. The van der Waals surface area contributed by atoms with Gasteiger partial charge in [0.15, 0.2) is 8.32 Å². The maximum absolute atomic E-state index is 11.1. The van der Waals surface area contributed by atoms with Crippen molar-refractivity contribution in [3.05, 3.63) is 0 Å². The highest BCUT2D eigenvalue weighted by Gasteiger charge is 2.53. The Hall–Kier alpha value is -0.393. The van der Waals surface area contributed by atoms with E-state index in [2.05, 4.69) is 33.5 Å². The van der Waals surface area contributed by atoms with Crippen LogP contribution in [0.25, 0.3) is 0 Å². The summed E-state index contributed by atoms with van der Waals surface area (Å²) in [4.78, 5) is 11.1. The summed E-state index contributed by atoms with van der Waals surface area (Å²) >= 11 is 0. The zero-order valence-electron chi connectivity index (χ0n) is 17.7. The molecular formula is C21H40O4Si. The van der Waals surface area contributed by atoms with Crippen molar-refractivity contribution in [2.45, 2.75) is 85.0 Å². The number of carbonyl (C=O) groups is 1. The third-order valence-electron chi connectivity index (χ3n) is 6.81. The molecule has 2 aliphatic rings. The van der Waals surface area contributed by atoms with E-state index in [-0.39, 0.29) is 18.5 Å². The molecule has 1 unspecified atom stereocenters. The van der Waals surface area contributed by atoms with Crippen LogP contribution >= 0.6 is 0 Å². The number of hydrogen-bond donors (Lipinski definition) is 1. The van der Waals surface area contributed by atoms with Gasteiger partial charge in [-0.05, 0) is 74.9 Å². The Balaban J connectivity index is 2.03. The van der Waals surface area contributed by atoms with Gasteiger partial charge in [-0.25, -0.2) is 0 Å². The highest BCUT2D eigenvalue weighted by Crippen LogP contribution is 2.59. The van der Waals surface area contributed by atoms with Crippen molar-refractivity contribution in [3.63, 3.8) is 0 Å². The normalized spacial score (nSPS) is 34.2. The predicted molar refractivity (Wildman–Crippen MR) is 107 cm³/mol. The minimum atomic E-state index is -1.52. The summed E-state index contributed by atoms with van der Waals surface area (Å²) in [6.07, 6.45) is 7.68. The Morgan fingerprint density at radius 2 is 1.96 bits per heavy atom. The van der Waals surface area contributed by atoms with E-state index in [1.165, 1.54) is 39.0 Å². The van der Waals surface area contributed by atoms with Crippen LogP contribution in [-0.2, 0) is 14.0 Å². The third kappa shape index (κ3) is 5.32. The third-order valence-corrected chi connectivity index (χ3v) is 7.82. The van der Waals surface area contributed by atoms with Gasteiger partial charge in [0.1, 0.15) is 0 Å². The highest BCUT2D eigenvalue weighted by molar-refractivity contribution is 6.69. The minimum Gasteiger partial charge on any atom is -0.465 e. The van der Waals surface area contributed by atoms with Crippen molar-refractivity contribution < 1.29 is 19.1 Å². The molecule has 0 bridgehead atoms. The largest absolute Gasteiger partial charge is 0.465 e. The van der Waals surface area contributed by atoms with Crippen molar-refractivity contribution in [3.8, 4) is 0 Å². The first-order valence-electron chi connectivity index (χ1n) is 10.5. The van der Waals surface area contributed by atoms with Crippen LogP contribution in [0.4, 0.5) is 0 Å². The molecule has 0 aromatic heterocycles. The van der Waals surface area contributed by atoms with Crippen LogP contribution in [0.3, 0.4) is 0 Å². The van der Waals surface area contributed by atoms with Crippen LogP contribution in [0.1, 0.15) is 59.3 Å². The fourth-order valence-electron chi connectivity index (χ4n) is 5.81. The fourth-order valence-corrected chi connectivity index (χ4v) is 7.00. The molecule has 6 atom stereocenters. The molecule has 0 aromatic rings. The van der Waals surface area contributed by atoms with Gasteiger partial charge in [-0.1, -0.05) is 20.3 Å². The van der Waals surface area contributed by atoms with Crippen molar-refractivity contribution in [1.82, 2.24) is 0 Å². The fraction of sp³-hybridized carbons (Fsp3) is 0.952. The summed E-state index contributed by atoms with van der Waals surface area (Å²) < 4.78 is 11.7. The molecule has 0 saturated heterocycles. The molecule has 2 rings (SSSR count). The predicted octanol–water partition coefficient (Wildman–Crippen LogP) is 4.62. The Morgan fingerprint density at radius 1 is 1.27 bits per heavy atom. The minimum absolute atomic E-state index is 0.0502. The van der Waals surface area contributed by atoms with E-state index in [9.17, 15) is 9.90 Å². The average Bonchev–Trinajstić information content (AvgIpc) is 2.87. The zero-order valence-corrected chi connectivity index (χ0v) is 18.7. The Labute approximate surface area is 161 Å². The molecule has 0 amide bonds. The Kier molecular flexibility index (Phi) is 7.36. The lowest BCUT2D eigenvalue weighted by Gasteiger charge is -2.48. The number of ether oxygens (including phenoxy) is 1. The van der Waals surface area contributed by atoms with E-state index in [4.69, 9.17) is 9.16 Å². The molecular weight excluding hydrogens is 344 g/mol. The molecule has 5 heteroatoms. The lowest BCUT2D eigenvalue weighted by molar-refractivity contribution is -0.143. The summed E-state index contributed by atoms with van der Waals surface area (Å²) in [5, 5.41) is 9.69. The first kappa shape index (κ1) is 21.9. The average molecular weight is 385 g/mol. The van der Waals surface area contributed by atoms with Gasteiger partial charge in [0.25, 0.3) is 0 Å². The second-order valence-corrected chi connectivity index (χ2v) is 14.5. The molecule has 26 heavy (non-hydrogen) atoms. The molecule has 2 aliphatic carbocycles. The lowest BCUT2D eigenvalue weighted by atomic mass is 9.61. The molecule has 0 aromatic carbocycles. The summed E-state index contributed by atoms with van der Waals surface area (Å²) in [6.45, 7) is 13.6. The first-order valence-corrected chi connectivity index (χ1v) is 13.9. The van der Waals surface area contributed by atoms with Crippen molar-refractivity contribution >= 4 is 14.3 Å². The zero-order chi connectivity index (χ0) is 19.5. The number of aliphatic hydroxyl groups is 1. The molecule has 4 nitrogen and oxygen atoms in total. The molecule has 0 heterocycles. The summed E-state index contributed by atoms with van der Waals surface area (Å²) in [7, 11) is -1.52. The number of carbonyl (C=O) groups excluding carboxylic acids is 1. The molecule has 152 valence electrons. The molecule has 2 saturated carbocycles. The Bertz CT molecular complexity index is 475. The quantitative estimate of drug-likeness (QED) is 0.490. The van der Waals surface area contributed by atoms with Gasteiger partial charge in [0.05, 0.1) is 6.61 Å². The number of aliphatic hydroxyl groups excluding tert-OH is 1. The van der Waals surface area contributed by atoms with Crippen LogP contribution in [-0.4, -0.2) is 38.7 Å².